The van der Waals surface area contributed by atoms with Crippen LogP contribution >= 0.6 is 0 Å². The molecule has 4 aromatic rings. The molecule has 1 aliphatic heterocycles. The molecule has 0 bridgehead atoms. The summed E-state index contributed by atoms with van der Waals surface area (Å²) >= 11 is 0. The van der Waals surface area contributed by atoms with E-state index in [1.54, 1.807) is 13.3 Å². The molecule has 38 heavy (non-hydrogen) atoms. The van der Waals surface area contributed by atoms with Crippen LogP contribution in [-0.2, 0) is 17.7 Å². The lowest BCUT2D eigenvalue weighted by Crippen LogP contribution is -2.49. The molecule has 1 aliphatic rings. The van der Waals surface area contributed by atoms with E-state index >= 15 is 0 Å². The zero-order valence-corrected chi connectivity index (χ0v) is 22.1. The number of methoxy groups -OCH3 is 1. The Balaban J connectivity index is 1.25. The normalized spacial score (nSPS) is 15.1. The average Bonchev–Trinajstić information content (AvgIpc) is 3.40. The van der Waals surface area contributed by atoms with Crippen molar-refractivity contribution in [1.82, 2.24) is 29.6 Å². The number of β-amino-alcohol motifs (C(OH)–C–C–N with tert-alkyl or cyclic N) is 1. The number of ether oxygens (including phenoxy) is 1. The number of anilines is 1. The molecule has 9 heteroatoms. The lowest BCUT2D eigenvalue weighted by Gasteiger charge is -2.36. The molecule has 0 radical (unpaired) electrons. The lowest BCUT2D eigenvalue weighted by molar-refractivity contribution is 0.0365. The van der Waals surface area contributed by atoms with Crippen molar-refractivity contribution < 1.29 is 9.84 Å². The molecule has 0 saturated carbocycles. The number of hydrogen-bond acceptors (Lipinski definition) is 8. The summed E-state index contributed by atoms with van der Waals surface area (Å²) in [6.07, 6.45) is 7.69. The lowest BCUT2D eigenvalue weighted by atomic mass is 10.1. The summed E-state index contributed by atoms with van der Waals surface area (Å²) in [5.41, 5.74) is 6.07. The van der Waals surface area contributed by atoms with Gasteiger partial charge >= 0.3 is 0 Å². The van der Waals surface area contributed by atoms with Gasteiger partial charge in [0.1, 0.15) is 11.5 Å². The van der Waals surface area contributed by atoms with E-state index in [0.29, 0.717) is 19.6 Å². The number of hydrogen-bond donors (Lipinski definition) is 1. The first-order valence-electron chi connectivity index (χ1n) is 13.2. The number of aromatic nitrogens is 5. The Kier molecular flexibility index (Phi) is 8.37. The summed E-state index contributed by atoms with van der Waals surface area (Å²) < 4.78 is 6.98. The minimum absolute atomic E-state index is 0.377. The van der Waals surface area contributed by atoms with Crippen molar-refractivity contribution >= 4 is 5.69 Å². The van der Waals surface area contributed by atoms with Crippen molar-refractivity contribution in [2.45, 2.75) is 26.0 Å². The second-order valence-corrected chi connectivity index (χ2v) is 9.59. The van der Waals surface area contributed by atoms with Crippen LogP contribution in [0.3, 0.4) is 0 Å². The smallest absolute Gasteiger partial charge is 0.133 e. The second-order valence-electron chi connectivity index (χ2n) is 9.59. The van der Waals surface area contributed by atoms with Crippen molar-refractivity contribution in [3.8, 4) is 22.5 Å². The molecular weight excluding hydrogens is 478 g/mol. The third-order valence-corrected chi connectivity index (χ3v) is 6.87. The number of nitrogens with zero attached hydrogens (tertiary/aromatic N) is 7. The molecule has 4 heterocycles. The highest BCUT2D eigenvalue weighted by atomic mass is 16.5. The van der Waals surface area contributed by atoms with Crippen LogP contribution in [-0.4, -0.2) is 87.3 Å². The maximum atomic E-state index is 10.00. The molecule has 3 aromatic heterocycles. The number of pyridine rings is 1. The van der Waals surface area contributed by atoms with Gasteiger partial charge in [0.05, 0.1) is 18.4 Å². The van der Waals surface area contributed by atoms with Crippen LogP contribution in [0.1, 0.15) is 18.3 Å². The molecule has 9 nitrogen and oxygen atoms in total. The van der Waals surface area contributed by atoms with Crippen LogP contribution in [0, 0.1) is 0 Å². The first kappa shape index (κ1) is 26.0. The molecule has 1 saturated heterocycles. The number of aryl methyl sites for hydroxylation is 1. The number of benzene rings is 1. The van der Waals surface area contributed by atoms with Gasteiger partial charge in [-0.05, 0) is 42.8 Å². The van der Waals surface area contributed by atoms with E-state index in [0.717, 1.165) is 61.1 Å². The van der Waals surface area contributed by atoms with Gasteiger partial charge in [0.2, 0.25) is 0 Å². The van der Waals surface area contributed by atoms with E-state index in [9.17, 15) is 5.11 Å². The summed E-state index contributed by atoms with van der Waals surface area (Å²) in [5, 5.41) is 14.8. The number of aliphatic hydroxyl groups excluding tert-OH is 1. The van der Waals surface area contributed by atoms with Crippen LogP contribution in [0.2, 0.25) is 0 Å². The fraction of sp³-hybridized carbons (Fsp3) is 0.379. The SMILES string of the molecule is CCn1cc(-c2ccnc(Cc3ccc(N4CCN(CC(O)COC)CC4)cc3)n2)c(-c2cccnc2)n1. The van der Waals surface area contributed by atoms with Crippen molar-refractivity contribution in [1.29, 1.82) is 0 Å². The number of aliphatic hydroxyl groups is 1. The fourth-order valence-electron chi connectivity index (χ4n) is 4.86. The maximum Gasteiger partial charge on any atom is 0.133 e. The Morgan fingerprint density at radius 2 is 1.84 bits per heavy atom. The zero-order valence-electron chi connectivity index (χ0n) is 22.1. The first-order valence-corrected chi connectivity index (χ1v) is 13.2. The van der Waals surface area contributed by atoms with Crippen LogP contribution < -0.4 is 4.90 Å². The minimum Gasteiger partial charge on any atom is -0.389 e. The van der Waals surface area contributed by atoms with E-state index < -0.39 is 6.10 Å². The summed E-state index contributed by atoms with van der Waals surface area (Å²) in [4.78, 5) is 18.4. The topological polar surface area (TPSA) is 92.4 Å². The van der Waals surface area contributed by atoms with Gasteiger partial charge < -0.3 is 14.7 Å². The molecule has 1 unspecified atom stereocenters. The Labute approximate surface area is 223 Å². The summed E-state index contributed by atoms with van der Waals surface area (Å²) in [6, 6.07) is 14.6. The Hall–Kier alpha value is -3.66. The number of rotatable bonds is 10. The molecule has 198 valence electrons. The van der Waals surface area contributed by atoms with E-state index in [1.807, 2.05) is 41.5 Å². The molecular formula is C29H35N7O2. The van der Waals surface area contributed by atoms with Gasteiger partial charge in [-0.1, -0.05) is 12.1 Å². The van der Waals surface area contributed by atoms with Crippen LogP contribution in [0.25, 0.3) is 22.5 Å². The molecule has 1 aromatic carbocycles. The monoisotopic (exact) mass is 513 g/mol. The second kappa shape index (κ2) is 12.3. The quantitative estimate of drug-likeness (QED) is 0.346. The molecule has 1 atom stereocenters. The predicted octanol–water partition coefficient (Wildman–Crippen LogP) is 3.14. The van der Waals surface area contributed by atoms with E-state index in [1.165, 1.54) is 11.3 Å². The Morgan fingerprint density at radius 3 is 2.55 bits per heavy atom. The van der Waals surface area contributed by atoms with Gasteiger partial charge in [-0.25, -0.2) is 9.97 Å². The van der Waals surface area contributed by atoms with Gasteiger partial charge in [0.15, 0.2) is 0 Å². The molecule has 5 rings (SSSR count). The third-order valence-electron chi connectivity index (χ3n) is 6.87. The molecule has 0 spiro atoms. The van der Waals surface area contributed by atoms with Crippen molar-refractivity contribution in [3.05, 3.63) is 78.6 Å². The van der Waals surface area contributed by atoms with Gasteiger partial charge in [-0.2, -0.15) is 5.10 Å². The fourth-order valence-corrected chi connectivity index (χ4v) is 4.86. The minimum atomic E-state index is -0.434. The number of piperazine rings is 1. The highest BCUT2D eigenvalue weighted by Crippen LogP contribution is 2.29. The van der Waals surface area contributed by atoms with Gasteiger partial charge in [0, 0.05) is 94.4 Å². The van der Waals surface area contributed by atoms with Crippen LogP contribution in [0.15, 0.2) is 67.3 Å². The maximum absolute atomic E-state index is 10.00. The standard InChI is InChI=1S/C29H35N7O2/c1-3-36-20-26(29(33-36)23-5-4-11-30-18-23)27-10-12-31-28(32-27)17-22-6-8-24(9-7-22)35-15-13-34(14-16-35)19-25(37)21-38-2/h4-12,18,20,25,37H,3,13-17,19,21H2,1-2H3. The van der Waals surface area contributed by atoms with E-state index in [-0.39, 0.29) is 0 Å². The largest absolute Gasteiger partial charge is 0.389 e. The van der Waals surface area contributed by atoms with Gasteiger partial charge in [0.25, 0.3) is 0 Å². The molecule has 0 amide bonds. The third kappa shape index (κ3) is 6.24. The van der Waals surface area contributed by atoms with E-state index in [2.05, 4.69) is 51.0 Å². The Bertz CT molecular complexity index is 1300. The first-order chi connectivity index (χ1) is 18.6. The van der Waals surface area contributed by atoms with E-state index in [4.69, 9.17) is 14.8 Å². The highest BCUT2D eigenvalue weighted by molar-refractivity contribution is 5.78. The molecule has 1 fully saturated rings. The van der Waals surface area contributed by atoms with Gasteiger partial charge in [-0.15, -0.1) is 0 Å². The predicted molar refractivity (Wildman–Crippen MR) is 148 cm³/mol. The van der Waals surface area contributed by atoms with Crippen LogP contribution in [0.5, 0.6) is 0 Å². The summed E-state index contributed by atoms with van der Waals surface area (Å²) in [7, 11) is 1.62. The van der Waals surface area contributed by atoms with Gasteiger partial charge in [-0.3, -0.25) is 14.6 Å². The zero-order chi connectivity index (χ0) is 26.3. The summed E-state index contributed by atoms with van der Waals surface area (Å²) in [5.74, 6) is 0.778. The molecule has 0 aliphatic carbocycles. The van der Waals surface area contributed by atoms with Crippen LogP contribution in [0.4, 0.5) is 5.69 Å². The average molecular weight is 514 g/mol. The van der Waals surface area contributed by atoms with Crippen molar-refractivity contribution in [2.75, 3.05) is 51.3 Å². The van der Waals surface area contributed by atoms with Crippen molar-refractivity contribution in [2.24, 2.45) is 0 Å². The molecule has 1 N–H and O–H groups in total. The van der Waals surface area contributed by atoms with Crippen molar-refractivity contribution in [3.63, 3.8) is 0 Å². The highest BCUT2D eigenvalue weighted by Gasteiger charge is 2.20. The Morgan fingerprint density at radius 1 is 1.03 bits per heavy atom. The summed E-state index contributed by atoms with van der Waals surface area (Å²) in [6.45, 7) is 7.63.